The normalized spacial score (nSPS) is 14.5. The van der Waals surface area contributed by atoms with Gasteiger partial charge in [0.15, 0.2) is 0 Å². The van der Waals surface area contributed by atoms with E-state index in [-0.39, 0.29) is 5.91 Å². The minimum Gasteiger partial charge on any atom is -0.347 e. The van der Waals surface area contributed by atoms with Crippen LogP contribution in [0, 0.1) is 0 Å². The largest absolute Gasteiger partial charge is 0.347 e. The molecule has 0 spiro atoms. The van der Waals surface area contributed by atoms with Crippen LogP contribution in [0.15, 0.2) is 59.8 Å². The molecule has 1 aliphatic rings. The maximum Gasteiger partial charge on any atom is 0.240 e. The highest BCUT2D eigenvalue weighted by Gasteiger charge is 2.14. The first-order valence-corrected chi connectivity index (χ1v) is 8.30. The van der Waals surface area contributed by atoms with E-state index in [1.165, 1.54) is 22.0 Å². The summed E-state index contributed by atoms with van der Waals surface area (Å²) in [5.41, 5.74) is 8.27. The number of hydrazone groups is 1. The van der Waals surface area contributed by atoms with Crippen molar-refractivity contribution in [2.45, 2.75) is 26.3 Å². The van der Waals surface area contributed by atoms with E-state index >= 15 is 0 Å². The molecule has 0 atom stereocenters. The summed E-state index contributed by atoms with van der Waals surface area (Å²) in [6.45, 7) is 3.12. The van der Waals surface area contributed by atoms with Gasteiger partial charge in [-0.1, -0.05) is 42.5 Å². The van der Waals surface area contributed by atoms with Crippen molar-refractivity contribution in [1.82, 2.24) is 9.99 Å². The van der Waals surface area contributed by atoms with Crippen LogP contribution in [0.4, 0.5) is 0 Å². The number of nitrogens with one attached hydrogen (secondary N) is 1. The quantitative estimate of drug-likeness (QED) is 0.781. The number of para-hydroxylation sites is 1. The lowest BCUT2D eigenvalue weighted by Crippen LogP contribution is -2.25. The van der Waals surface area contributed by atoms with Gasteiger partial charge in [0, 0.05) is 42.0 Å². The SMILES string of the molecule is CCn1cc(-c2ccc(C3=NNC(=O)CC3)cc2)c2ccccc21. The Morgan fingerprint density at radius 3 is 2.50 bits per heavy atom. The zero-order chi connectivity index (χ0) is 16.5. The summed E-state index contributed by atoms with van der Waals surface area (Å²) in [6, 6.07) is 16.9. The summed E-state index contributed by atoms with van der Waals surface area (Å²) in [5.74, 6) is -0.0113. The molecule has 1 amide bonds. The number of fused-ring (bicyclic) bond motifs is 1. The third-order valence-electron chi connectivity index (χ3n) is 4.56. The van der Waals surface area contributed by atoms with E-state index in [0.717, 1.165) is 17.8 Å². The summed E-state index contributed by atoms with van der Waals surface area (Å²) < 4.78 is 2.28. The average Bonchev–Trinajstić information content (AvgIpc) is 3.01. The van der Waals surface area contributed by atoms with Gasteiger partial charge in [-0.2, -0.15) is 5.10 Å². The number of aryl methyl sites for hydroxylation is 1. The second-order valence-electron chi connectivity index (χ2n) is 6.02. The van der Waals surface area contributed by atoms with E-state index < -0.39 is 0 Å². The fraction of sp³-hybridized carbons (Fsp3) is 0.200. The number of rotatable bonds is 3. The zero-order valence-electron chi connectivity index (χ0n) is 13.6. The average molecular weight is 317 g/mol. The molecule has 1 aliphatic heterocycles. The van der Waals surface area contributed by atoms with Crippen molar-refractivity contribution in [3.05, 3.63) is 60.3 Å². The molecule has 4 rings (SSSR count). The Balaban J connectivity index is 1.72. The summed E-state index contributed by atoms with van der Waals surface area (Å²) in [7, 11) is 0. The molecule has 2 heterocycles. The Bertz CT molecular complexity index is 935. The lowest BCUT2D eigenvalue weighted by molar-refractivity contribution is -0.121. The molecule has 0 saturated heterocycles. The number of aromatic nitrogens is 1. The van der Waals surface area contributed by atoms with Gasteiger partial charge in [0.2, 0.25) is 5.91 Å². The summed E-state index contributed by atoms with van der Waals surface area (Å²) in [6.07, 6.45) is 3.42. The highest BCUT2D eigenvalue weighted by Crippen LogP contribution is 2.31. The Morgan fingerprint density at radius 2 is 1.79 bits per heavy atom. The van der Waals surface area contributed by atoms with Crippen LogP contribution in [0.1, 0.15) is 25.3 Å². The van der Waals surface area contributed by atoms with Crippen LogP contribution in [-0.2, 0) is 11.3 Å². The summed E-state index contributed by atoms with van der Waals surface area (Å²) >= 11 is 0. The van der Waals surface area contributed by atoms with Crippen LogP contribution in [0.2, 0.25) is 0 Å². The van der Waals surface area contributed by atoms with Crippen molar-refractivity contribution in [3.63, 3.8) is 0 Å². The predicted octanol–water partition coefficient (Wildman–Crippen LogP) is 3.94. The molecule has 24 heavy (non-hydrogen) atoms. The van der Waals surface area contributed by atoms with Crippen molar-refractivity contribution in [2.24, 2.45) is 5.10 Å². The van der Waals surface area contributed by atoms with E-state index in [0.29, 0.717) is 12.8 Å². The predicted molar refractivity (Wildman–Crippen MR) is 97.0 cm³/mol. The van der Waals surface area contributed by atoms with Crippen LogP contribution in [0.3, 0.4) is 0 Å². The van der Waals surface area contributed by atoms with Crippen molar-refractivity contribution >= 4 is 22.5 Å². The monoisotopic (exact) mass is 317 g/mol. The van der Waals surface area contributed by atoms with Gasteiger partial charge >= 0.3 is 0 Å². The number of nitrogens with zero attached hydrogens (tertiary/aromatic N) is 2. The number of carbonyl (C=O) groups excluding carboxylic acids is 1. The first-order chi connectivity index (χ1) is 11.8. The molecule has 1 N–H and O–H groups in total. The molecule has 0 unspecified atom stereocenters. The van der Waals surface area contributed by atoms with Crippen LogP contribution < -0.4 is 5.43 Å². The number of hydrogen-bond acceptors (Lipinski definition) is 2. The van der Waals surface area contributed by atoms with Crippen LogP contribution in [0.5, 0.6) is 0 Å². The third-order valence-corrected chi connectivity index (χ3v) is 4.56. The molecule has 4 heteroatoms. The maximum atomic E-state index is 11.2. The first kappa shape index (κ1) is 14.7. The Hall–Kier alpha value is -2.88. The number of benzene rings is 2. The first-order valence-electron chi connectivity index (χ1n) is 8.30. The van der Waals surface area contributed by atoms with E-state index in [2.05, 4.69) is 76.7 Å². The molecule has 120 valence electrons. The summed E-state index contributed by atoms with van der Waals surface area (Å²) in [5, 5.41) is 5.44. The van der Waals surface area contributed by atoms with Crippen LogP contribution in [-0.4, -0.2) is 16.2 Å². The molecule has 0 fully saturated rings. The summed E-state index contributed by atoms with van der Waals surface area (Å²) in [4.78, 5) is 11.2. The van der Waals surface area contributed by atoms with Gasteiger partial charge in [-0.25, -0.2) is 5.43 Å². The van der Waals surface area contributed by atoms with Gasteiger partial charge in [0.05, 0.1) is 5.71 Å². The maximum absolute atomic E-state index is 11.2. The van der Waals surface area contributed by atoms with Gasteiger partial charge in [-0.05, 0) is 24.1 Å². The lowest BCUT2D eigenvalue weighted by Gasteiger charge is -2.12. The van der Waals surface area contributed by atoms with E-state index in [1.54, 1.807) is 0 Å². The minimum absolute atomic E-state index is 0.0113. The smallest absolute Gasteiger partial charge is 0.240 e. The third kappa shape index (κ3) is 2.50. The molecule has 3 aromatic rings. The molecule has 2 aromatic carbocycles. The van der Waals surface area contributed by atoms with E-state index in [4.69, 9.17) is 0 Å². The zero-order valence-corrected chi connectivity index (χ0v) is 13.6. The topological polar surface area (TPSA) is 46.4 Å². The van der Waals surface area contributed by atoms with Gasteiger partial charge < -0.3 is 4.57 Å². The molecule has 0 radical (unpaired) electrons. The Kier molecular flexibility index (Phi) is 3.65. The Morgan fingerprint density at radius 1 is 1.04 bits per heavy atom. The molecule has 0 bridgehead atoms. The Labute approximate surface area is 140 Å². The number of amides is 1. The molecule has 4 nitrogen and oxygen atoms in total. The van der Waals surface area contributed by atoms with Crippen molar-refractivity contribution in [3.8, 4) is 11.1 Å². The van der Waals surface area contributed by atoms with Gasteiger partial charge in [-0.15, -0.1) is 0 Å². The van der Waals surface area contributed by atoms with E-state index in [1.807, 2.05) is 0 Å². The standard InChI is InChI=1S/C20H19N3O/c1-2-23-13-17(16-5-3-4-6-19(16)23)14-7-9-15(10-8-14)18-11-12-20(24)22-21-18/h3-10,13H,2,11-12H2,1H3,(H,22,24). The second-order valence-corrected chi connectivity index (χ2v) is 6.02. The van der Waals surface area contributed by atoms with Crippen LogP contribution >= 0.6 is 0 Å². The fourth-order valence-corrected chi connectivity index (χ4v) is 3.26. The minimum atomic E-state index is -0.0113. The fourth-order valence-electron chi connectivity index (χ4n) is 3.26. The highest BCUT2D eigenvalue weighted by atomic mass is 16.2. The van der Waals surface area contributed by atoms with Crippen molar-refractivity contribution < 1.29 is 4.79 Å². The molecule has 1 aromatic heterocycles. The number of carbonyl (C=O) groups is 1. The molecular formula is C20H19N3O. The van der Waals surface area contributed by atoms with Crippen molar-refractivity contribution in [2.75, 3.05) is 0 Å². The van der Waals surface area contributed by atoms with Crippen LogP contribution in [0.25, 0.3) is 22.0 Å². The van der Waals surface area contributed by atoms with Gasteiger partial charge in [-0.3, -0.25) is 4.79 Å². The van der Waals surface area contributed by atoms with E-state index in [9.17, 15) is 4.79 Å². The molecule has 0 aliphatic carbocycles. The second kappa shape index (κ2) is 5.96. The number of hydrogen-bond donors (Lipinski definition) is 1. The van der Waals surface area contributed by atoms with Gasteiger partial charge in [0.1, 0.15) is 0 Å². The molecule has 0 saturated carbocycles. The highest BCUT2D eigenvalue weighted by molar-refractivity contribution is 6.04. The molecular weight excluding hydrogens is 298 g/mol. The van der Waals surface area contributed by atoms with Crippen molar-refractivity contribution in [1.29, 1.82) is 0 Å². The van der Waals surface area contributed by atoms with Gasteiger partial charge in [0.25, 0.3) is 0 Å². The lowest BCUT2D eigenvalue weighted by atomic mass is 9.99.